The van der Waals surface area contributed by atoms with E-state index in [2.05, 4.69) is 30.1 Å². The van der Waals surface area contributed by atoms with Gasteiger partial charge in [-0.25, -0.2) is 0 Å². The highest BCUT2D eigenvalue weighted by Gasteiger charge is 2.26. The smallest absolute Gasteiger partial charge is 0.0444 e. The monoisotopic (exact) mass is 224 g/mol. The Morgan fingerprint density at radius 2 is 2.20 bits per heavy atom. The van der Waals surface area contributed by atoms with E-state index in [1.54, 1.807) is 0 Å². The van der Waals surface area contributed by atoms with Gasteiger partial charge in [-0.05, 0) is 37.2 Å². The molecule has 1 aromatic rings. The number of halogens is 1. The molecule has 1 aromatic carbocycles. The molecule has 1 saturated heterocycles. The maximum atomic E-state index is 6.26. The second kappa shape index (κ2) is 4.52. The lowest BCUT2D eigenvalue weighted by Crippen LogP contribution is -2.41. The molecule has 2 nitrogen and oxygen atoms in total. The SMILES string of the molecule is CN1CC(c2ccc(CCN)cc2Cl)C1. The van der Waals surface area contributed by atoms with E-state index in [4.69, 9.17) is 17.3 Å². The molecule has 0 bridgehead atoms. The molecule has 15 heavy (non-hydrogen) atoms. The first-order valence-electron chi connectivity index (χ1n) is 5.37. The van der Waals surface area contributed by atoms with Crippen molar-refractivity contribution in [2.45, 2.75) is 12.3 Å². The molecular weight excluding hydrogens is 208 g/mol. The lowest BCUT2D eigenvalue weighted by Gasteiger charge is -2.37. The number of likely N-dealkylation sites (tertiary alicyclic amines) is 1. The van der Waals surface area contributed by atoms with E-state index in [0.717, 1.165) is 24.5 Å². The first kappa shape index (κ1) is 10.9. The van der Waals surface area contributed by atoms with Crippen LogP contribution in [0.25, 0.3) is 0 Å². The van der Waals surface area contributed by atoms with Crippen molar-refractivity contribution >= 4 is 11.6 Å². The molecule has 82 valence electrons. The fraction of sp³-hybridized carbons (Fsp3) is 0.500. The summed E-state index contributed by atoms with van der Waals surface area (Å²) in [6.07, 6.45) is 0.907. The fourth-order valence-corrected chi connectivity index (χ4v) is 2.48. The van der Waals surface area contributed by atoms with Crippen LogP contribution in [-0.2, 0) is 6.42 Å². The number of hydrogen-bond acceptors (Lipinski definition) is 2. The topological polar surface area (TPSA) is 29.3 Å². The average Bonchev–Trinajstić information content (AvgIpc) is 2.15. The minimum atomic E-state index is 0.620. The molecule has 2 rings (SSSR count). The van der Waals surface area contributed by atoms with Gasteiger partial charge in [0.05, 0.1) is 0 Å². The highest BCUT2D eigenvalue weighted by molar-refractivity contribution is 6.31. The number of nitrogens with zero attached hydrogens (tertiary/aromatic N) is 1. The predicted molar refractivity (Wildman–Crippen MR) is 64.4 cm³/mol. The van der Waals surface area contributed by atoms with Gasteiger partial charge in [0.25, 0.3) is 0 Å². The van der Waals surface area contributed by atoms with Gasteiger partial charge in [-0.1, -0.05) is 23.7 Å². The van der Waals surface area contributed by atoms with Gasteiger partial charge in [0, 0.05) is 24.0 Å². The Hall–Kier alpha value is -0.570. The molecule has 0 spiro atoms. The van der Waals surface area contributed by atoms with Gasteiger partial charge in [0.15, 0.2) is 0 Å². The summed E-state index contributed by atoms with van der Waals surface area (Å²) in [6.45, 7) is 2.92. The second-order valence-electron chi connectivity index (χ2n) is 4.31. The van der Waals surface area contributed by atoms with Crippen molar-refractivity contribution in [3.8, 4) is 0 Å². The van der Waals surface area contributed by atoms with Crippen LogP contribution in [0.15, 0.2) is 18.2 Å². The number of hydrogen-bond donors (Lipinski definition) is 1. The zero-order chi connectivity index (χ0) is 10.8. The van der Waals surface area contributed by atoms with Crippen molar-refractivity contribution in [2.75, 3.05) is 26.7 Å². The Kier molecular flexibility index (Phi) is 3.29. The fourth-order valence-electron chi connectivity index (χ4n) is 2.12. The van der Waals surface area contributed by atoms with Gasteiger partial charge in [0.1, 0.15) is 0 Å². The van der Waals surface area contributed by atoms with Crippen molar-refractivity contribution in [1.29, 1.82) is 0 Å². The van der Waals surface area contributed by atoms with Gasteiger partial charge in [-0.15, -0.1) is 0 Å². The molecule has 1 fully saturated rings. The van der Waals surface area contributed by atoms with Gasteiger partial charge in [0.2, 0.25) is 0 Å². The van der Waals surface area contributed by atoms with E-state index in [9.17, 15) is 0 Å². The third kappa shape index (κ3) is 2.33. The summed E-state index contributed by atoms with van der Waals surface area (Å²) >= 11 is 6.26. The van der Waals surface area contributed by atoms with Crippen LogP contribution in [0, 0.1) is 0 Å². The van der Waals surface area contributed by atoms with Crippen molar-refractivity contribution in [2.24, 2.45) is 5.73 Å². The van der Waals surface area contributed by atoms with Crippen LogP contribution >= 0.6 is 11.6 Å². The molecule has 0 saturated carbocycles. The molecule has 1 aliphatic rings. The maximum Gasteiger partial charge on any atom is 0.0444 e. The van der Waals surface area contributed by atoms with Crippen LogP contribution in [-0.4, -0.2) is 31.6 Å². The van der Waals surface area contributed by atoms with Crippen molar-refractivity contribution in [1.82, 2.24) is 4.90 Å². The summed E-state index contributed by atoms with van der Waals surface area (Å²) in [5.74, 6) is 0.620. The molecule has 1 aliphatic heterocycles. The summed E-state index contributed by atoms with van der Waals surface area (Å²) in [5, 5.41) is 0.902. The van der Waals surface area contributed by atoms with Gasteiger partial charge in [-0.2, -0.15) is 0 Å². The molecule has 0 atom stereocenters. The quantitative estimate of drug-likeness (QED) is 0.850. The molecular formula is C12H17ClN2. The van der Waals surface area contributed by atoms with Crippen LogP contribution in [0.5, 0.6) is 0 Å². The molecule has 0 aliphatic carbocycles. The third-order valence-corrected chi connectivity index (χ3v) is 3.33. The van der Waals surface area contributed by atoms with Crippen LogP contribution in [0.1, 0.15) is 17.0 Å². The second-order valence-corrected chi connectivity index (χ2v) is 4.72. The van der Waals surface area contributed by atoms with Crippen LogP contribution in [0.3, 0.4) is 0 Å². The predicted octanol–water partition coefficient (Wildman–Crippen LogP) is 1.87. The van der Waals surface area contributed by atoms with Crippen LogP contribution in [0.4, 0.5) is 0 Å². The lowest BCUT2D eigenvalue weighted by atomic mass is 9.91. The largest absolute Gasteiger partial charge is 0.330 e. The zero-order valence-electron chi connectivity index (χ0n) is 9.04. The van der Waals surface area contributed by atoms with Gasteiger partial charge >= 0.3 is 0 Å². The van der Waals surface area contributed by atoms with Crippen LogP contribution < -0.4 is 5.73 Å². The summed E-state index contributed by atoms with van der Waals surface area (Å²) in [6, 6.07) is 6.36. The zero-order valence-corrected chi connectivity index (χ0v) is 9.80. The Balaban J connectivity index is 2.12. The summed E-state index contributed by atoms with van der Waals surface area (Å²) in [4.78, 5) is 2.30. The van der Waals surface area contributed by atoms with E-state index in [-0.39, 0.29) is 0 Å². The Labute approximate surface area is 96.0 Å². The summed E-state index contributed by atoms with van der Waals surface area (Å²) < 4.78 is 0. The molecule has 0 radical (unpaired) electrons. The first-order valence-corrected chi connectivity index (χ1v) is 5.75. The molecule has 2 N–H and O–H groups in total. The highest BCUT2D eigenvalue weighted by Crippen LogP contribution is 2.31. The van der Waals surface area contributed by atoms with Crippen molar-refractivity contribution in [3.63, 3.8) is 0 Å². The highest BCUT2D eigenvalue weighted by atomic mass is 35.5. The lowest BCUT2D eigenvalue weighted by molar-refractivity contribution is 0.190. The normalized spacial score (nSPS) is 17.8. The number of rotatable bonds is 3. The number of nitrogens with two attached hydrogens (primary N) is 1. The van der Waals surface area contributed by atoms with E-state index in [1.165, 1.54) is 11.1 Å². The number of benzene rings is 1. The standard InChI is InChI=1S/C12H17ClN2/c1-15-7-10(8-15)11-3-2-9(4-5-14)6-12(11)13/h2-3,6,10H,4-5,7-8,14H2,1H3. The van der Waals surface area contributed by atoms with Crippen molar-refractivity contribution < 1.29 is 0 Å². The minimum Gasteiger partial charge on any atom is -0.330 e. The molecule has 1 heterocycles. The maximum absolute atomic E-state index is 6.26. The Morgan fingerprint density at radius 1 is 1.47 bits per heavy atom. The van der Waals surface area contributed by atoms with E-state index in [1.807, 2.05) is 0 Å². The van der Waals surface area contributed by atoms with Crippen molar-refractivity contribution in [3.05, 3.63) is 34.3 Å². The molecule has 3 heteroatoms. The summed E-state index contributed by atoms with van der Waals surface area (Å²) in [5.41, 5.74) is 8.04. The molecule has 0 amide bonds. The van der Waals surface area contributed by atoms with Gasteiger partial charge in [-0.3, -0.25) is 0 Å². The Bertz CT molecular complexity index is 345. The minimum absolute atomic E-state index is 0.620. The third-order valence-electron chi connectivity index (χ3n) is 3.00. The first-order chi connectivity index (χ1) is 7.20. The Morgan fingerprint density at radius 3 is 2.73 bits per heavy atom. The number of likely N-dealkylation sites (N-methyl/N-ethyl adjacent to an activating group) is 1. The van der Waals surface area contributed by atoms with Gasteiger partial charge < -0.3 is 10.6 Å². The van der Waals surface area contributed by atoms with E-state index >= 15 is 0 Å². The van der Waals surface area contributed by atoms with E-state index < -0.39 is 0 Å². The summed E-state index contributed by atoms with van der Waals surface area (Å²) in [7, 11) is 2.13. The molecule has 0 unspecified atom stereocenters. The average molecular weight is 225 g/mol. The van der Waals surface area contributed by atoms with E-state index in [0.29, 0.717) is 12.5 Å². The molecule has 0 aromatic heterocycles. The van der Waals surface area contributed by atoms with Crippen LogP contribution in [0.2, 0.25) is 5.02 Å².